The van der Waals surface area contributed by atoms with Crippen LogP contribution in [0.3, 0.4) is 0 Å². The fourth-order valence-corrected chi connectivity index (χ4v) is 4.52. The maximum atomic E-state index is 13.2. The van der Waals surface area contributed by atoms with E-state index in [1.54, 1.807) is 13.8 Å². The summed E-state index contributed by atoms with van der Waals surface area (Å²) in [5.74, 6) is 0. The van der Waals surface area contributed by atoms with E-state index in [0.717, 1.165) is 14.0 Å². The van der Waals surface area contributed by atoms with Gasteiger partial charge < -0.3 is 0 Å². The van der Waals surface area contributed by atoms with Crippen molar-refractivity contribution in [2.75, 3.05) is 0 Å². The SMILES string of the molecule is Cc1c(CNNC(C)(C)C)sc2c1c(=O)n(C1(C)CC1)c(=O)n2CCC(F)(F)F. The summed E-state index contributed by atoms with van der Waals surface area (Å²) in [6.45, 7) is 9.44. The molecule has 0 aliphatic heterocycles. The largest absolute Gasteiger partial charge is 0.390 e. The second kappa shape index (κ2) is 7.24. The normalized spacial score (nSPS) is 16.6. The first-order valence-electron chi connectivity index (χ1n) is 9.59. The van der Waals surface area contributed by atoms with Crippen LogP contribution in [0, 0.1) is 6.92 Å². The molecule has 0 aromatic carbocycles. The number of alkyl halides is 3. The molecule has 0 atom stereocenters. The minimum Gasteiger partial charge on any atom is -0.284 e. The molecule has 0 bridgehead atoms. The van der Waals surface area contributed by atoms with Gasteiger partial charge in [-0.15, -0.1) is 11.3 Å². The third-order valence-electron chi connectivity index (χ3n) is 5.16. The van der Waals surface area contributed by atoms with Gasteiger partial charge in [0.05, 0.1) is 17.3 Å². The molecular formula is C19H27F3N4O2S. The molecule has 2 aromatic rings. The molecule has 10 heteroatoms. The van der Waals surface area contributed by atoms with Crippen molar-refractivity contribution < 1.29 is 13.2 Å². The maximum Gasteiger partial charge on any atom is 0.390 e. The van der Waals surface area contributed by atoms with Gasteiger partial charge in [-0.1, -0.05) is 0 Å². The first kappa shape index (κ1) is 22.0. The van der Waals surface area contributed by atoms with Crippen LogP contribution in [0.4, 0.5) is 13.2 Å². The quantitative estimate of drug-likeness (QED) is 0.687. The number of halogens is 3. The lowest BCUT2D eigenvalue weighted by Gasteiger charge is -2.20. The summed E-state index contributed by atoms with van der Waals surface area (Å²) >= 11 is 1.20. The number of rotatable bonds is 6. The second-order valence-electron chi connectivity index (χ2n) is 9.00. The van der Waals surface area contributed by atoms with E-state index in [2.05, 4.69) is 10.9 Å². The summed E-state index contributed by atoms with van der Waals surface area (Å²) in [6.07, 6.45) is -4.17. The van der Waals surface area contributed by atoms with E-state index in [-0.39, 0.29) is 5.54 Å². The number of aromatic nitrogens is 2. The van der Waals surface area contributed by atoms with Crippen molar-refractivity contribution in [1.82, 2.24) is 20.0 Å². The standard InChI is InChI=1S/C19H27F3N4O2S/c1-11-12(10-23-24-17(2,3)4)29-15-13(11)14(27)26(18(5)6-7-18)16(28)25(15)9-8-19(20,21)22/h23-24H,6-10H2,1-5H3. The average Bonchev–Trinajstić information content (AvgIpc) is 3.20. The molecule has 0 radical (unpaired) electrons. The fraction of sp³-hybridized carbons (Fsp3) is 0.684. The Hall–Kier alpha value is -1.65. The molecule has 3 rings (SSSR count). The van der Waals surface area contributed by atoms with Crippen molar-refractivity contribution in [3.8, 4) is 0 Å². The molecule has 1 fully saturated rings. The molecular weight excluding hydrogens is 405 g/mol. The predicted molar refractivity (Wildman–Crippen MR) is 108 cm³/mol. The van der Waals surface area contributed by atoms with E-state index < -0.39 is 35.9 Å². The van der Waals surface area contributed by atoms with Crippen molar-refractivity contribution in [2.45, 2.75) is 84.2 Å². The Kier molecular flexibility index (Phi) is 5.51. The molecule has 1 aliphatic rings. The number of aryl methyl sites for hydroxylation is 2. The zero-order chi connectivity index (χ0) is 21.8. The van der Waals surface area contributed by atoms with Gasteiger partial charge in [-0.25, -0.2) is 4.79 Å². The molecule has 1 aliphatic carbocycles. The van der Waals surface area contributed by atoms with E-state index in [4.69, 9.17) is 0 Å². The van der Waals surface area contributed by atoms with Gasteiger partial charge in [0.2, 0.25) is 0 Å². The maximum absolute atomic E-state index is 13.2. The first-order valence-corrected chi connectivity index (χ1v) is 10.4. The van der Waals surface area contributed by atoms with E-state index in [0.29, 0.717) is 35.2 Å². The van der Waals surface area contributed by atoms with Gasteiger partial charge in [0, 0.05) is 23.5 Å². The molecule has 6 nitrogen and oxygen atoms in total. The van der Waals surface area contributed by atoms with E-state index >= 15 is 0 Å². The number of hydrogen-bond donors (Lipinski definition) is 2. The van der Waals surface area contributed by atoms with Crippen molar-refractivity contribution >= 4 is 21.6 Å². The van der Waals surface area contributed by atoms with Crippen LogP contribution in [0.2, 0.25) is 0 Å². The van der Waals surface area contributed by atoms with Crippen molar-refractivity contribution in [1.29, 1.82) is 0 Å². The Labute approximate surface area is 170 Å². The Morgan fingerprint density at radius 3 is 2.31 bits per heavy atom. The molecule has 29 heavy (non-hydrogen) atoms. The van der Waals surface area contributed by atoms with Crippen molar-refractivity contribution in [2.24, 2.45) is 0 Å². The highest BCUT2D eigenvalue weighted by Crippen LogP contribution is 2.41. The fourth-order valence-electron chi connectivity index (χ4n) is 3.27. The van der Waals surface area contributed by atoms with Gasteiger partial charge in [0.15, 0.2) is 0 Å². The lowest BCUT2D eigenvalue weighted by molar-refractivity contribution is -0.136. The highest BCUT2D eigenvalue weighted by Gasteiger charge is 2.43. The number of nitrogens with zero attached hydrogens (tertiary/aromatic N) is 2. The van der Waals surface area contributed by atoms with Gasteiger partial charge in [0.1, 0.15) is 4.83 Å². The molecule has 1 saturated carbocycles. The summed E-state index contributed by atoms with van der Waals surface area (Å²) in [6, 6.07) is 0. The first-order chi connectivity index (χ1) is 13.2. The number of thiophene rings is 1. The minimum absolute atomic E-state index is 0.174. The summed E-state index contributed by atoms with van der Waals surface area (Å²) in [5, 5.41) is 0.345. The highest BCUT2D eigenvalue weighted by molar-refractivity contribution is 7.18. The smallest absolute Gasteiger partial charge is 0.284 e. The Bertz CT molecular complexity index is 1040. The van der Waals surface area contributed by atoms with Crippen LogP contribution in [0.15, 0.2) is 9.59 Å². The Morgan fingerprint density at radius 2 is 1.79 bits per heavy atom. The lowest BCUT2D eigenvalue weighted by Crippen LogP contribution is -2.45. The minimum atomic E-state index is -4.39. The predicted octanol–water partition coefficient (Wildman–Crippen LogP) is 3.39. The van der Waals surface area contributed by atoms with Crippen LogP contribution < -0.4 is 22.1 Å². The summed E-state index contributed by atoms with van der Waals surface area (Å²) in [7, 11) is 0. The molecule has 2 heterocycles. The van der Waals surface area contributed by atoms with Crippen LogP contribution in [-0.2, 0) is 18.6 Å². The van der Waals surface area contributed by atoms with Gasteiger partial charge in [0.25, 0.3) is 5.56 Å². The topological polar surface area (TPSA) is 68.1 Å². The molecule has 2 aromatic heterocycles. The van der Waals surface area contributed by atoms with Gasteiger partial charge >= 0.3 is 11.9 Å². The molecule has 0 spiro atoms. The Morgan fingerprint density at radius 1 is 1.17 bits per heavy atom. The molecule has 0 unspecified atom stereocenters. The van der Waals surface area contributed by atoms with Crippen LogP contribution >= 0.6 is 11.3 Å². The molecule has 0 amide bonds. The van der Waals surface area contributed by atoms with E-state index in [1.165, 1.54) is 11.3 Å². The van der Waals surface area contributed by atoms with Crippen LogP contribution in [0.5, 0.6) is 0 Å². The number of hydrogen-bond acceptors (Lipinski definition) is 5. The van der Waals surface area contributed by atoms with Crippen molar-refractivity contribution in [3.63, 3.8) is 0 Å². The molecule has 2 N–H and O–H groups in total. The lowest BCUT2D eigenvalue weighted by atomic mass is 10.1. The third kappa shape index (κ3) is 4.59. The van der Waals surface area contributed by atoms with Crippen molar-refractivity contribution in [3.05, 3.63) is 31.3 Å². The number of fused-ring (bicyclic) bond motifs is 1. The van der Waals surface area contributed by atoms with Crippen LogP contribution in [0.1, 0.15) is 57.4 Å². The van der Waals surface area contributed by atoms with Gasteiger partial charge in [-0.05, 0) is 53.0 Å². The highest BCUT2D eigenvalue weighted by atomic mass is 32.1. The third-order valence-corrected chi connectivity index (χ3v) is 6.47. The Balaban J connectivity index is 2.12. The van der Waals surface area contributed by atoms with Gasteiger partial charge in [-0.3, -0.25) is 24.8 Å². The van der Waals surface area contributed by atoms with Gasteiger partial charge in [-0.2, -0.15) is 13.2 Å². The second-order valence-corrected chi connectivity index (χ2v) is 10.1. The number of hydrazine groups is 1. The van der Waals surface area contributed by atoms with Crippen LogP contribution in [-0.4, -0.2) is 20.8 Å². The summed E-state index contributed by atoms with van der Waals surface area (Å²) in [4.78, 5) is 27.3. The zero-order valence-electron chi connectivity index (χ0n) is 17.3. The van der Waals surface area contributed by atoms with E-state index in [1.807, 2.05) is 20.8 Å². The summed E-state index contributed by atoms with van der Waals surface area (Å²) < 4.78 is 40.9. The average molecular weight is 433 g/mol. The zero-order valence-corrected chi connectivity index (χ0v) is 18.1. The number of nitrogens with one attached hydrogen (secondary N) is 2. The molecule has 162 valence electrons. The summed E-state index contributed by atoms with van der Waals surface area (Å²) in [5.41, 5.74) is 5.09. The van der Waals surface area contributed by atoms with E-state index in [9.17, 15) is 22.8 Å². The van der Waals surface area contributed by atoms with Crippen LogP contribution in [0.25, 0.3) is 10.2 Å². The monoisotopic (exact) mass is 432 g/mol. The molecule has 0 saturated heterocycles.